The van der Waals surface area contributed by atoms with Crippen molar-refractivity contribution in [3.8, 4) is 0 Å². The van der Waals surface area contributed by atoms with Gasteiger partial charge in [0.15, 0.2) is 5.78 Å². The van der Waals surface area contributed by atoms with Crippen LogP contribution in [0.1, 0.15) is 38.6 Å². The monoisotopic (exact) mass is 379 g/mol. The number of nitrogens with zero attached hydrogens (tertiary/aromatic N) is 1. The van der Waals surface area contributed by atoms with Gasteiger partial charge < -0.3 is 15.0 Å². The standard InChI is InChI=1S/C19H23F2N3O3/c1-19(2,3)27-18(26)24-15(10-12-8-13(20)11-14(21)9-12)16(25)4-5-17-22-6-7-23-17/h6-9,11,15H,4-5,10H2,1-3H3,(H,22,23)(H,24,26). The molecule has 1 amide bonds. The van der Waals surface area contributed by atoms with Crippen molar-refractivity contribution >= 4 is 11.9 Å². The summed E-state index contributed by atoms with van der Waals surface area (Å²) >= 11 is 0. The fourth-order valence-corrected chi connectivity index (χ4v) is 2.51. The predicted molar refractivity (Wildman–Crippen MR) is 95.1 cm³/mol. The lowest BCUT2D eigenvalue weighted by Crippen LogP contribution is -2.44. The van der Waals surface area contributed by atoms with Gasteiger partial charge in [0.1, 0.15) is 23.1 Å². The van der Waals surface area contributed by atoms with E-state index in [4.69, 9.17) is 4.74 Å². The summed E-state index contributed by atoms with van der Waals surface area (Å²) in [5.41, 5.74) is -0.475. The number of rotatable bonds is 7. The molecule has 0 saturated heterocycles. The molecule has 0 spiro atoms. The Hall–Kier alpha value is -2.77. The normalized spacial score (nSPS) is 12.5. The van der Waals surface area contributed by atoms with Gasteiger partial charge in [0, 0.05) is 37.7 Å². The second-order valence-corrected chi connectivity index (χ2v) is 7.18. The number of hydrogen-bond acceptors (Lipinski definition) is 4. The number of carbonyl (C=O) groups is 2. The summed E-state index contributed by atoms with van der Waals surface area (Å²) in [6.45, 7) is 5.09. The number of ketones is 1. The average molecular weight is 379 g/mol. The number of H-pyrrole nitrogens is 1. The minimum absolute atomic E-state index is 0.0507. The molecule has 0 aliphatic rings. The van der Waals surface area contributed by atoms with Gasteiger partial charge in [0.2, 0.25) is 0 Å². The lowest BCUT2D eigenvalue weighted by molar-refractivity contribution is -0.121. The Morgan fingerprint density at radius 3 is 2.44 bits per heavy atom. The molecule has 2 N–H and O–H groups in total. The van der Waals surface area contributed by atoms with Gasteiger partial charge in [-0.05, 0) is 38.5 Å². The van der Waals surface area contributed by atoms with Crippen molar-refractivity contribution in [1.29, 1.82) is 0 Å². The van der Waals surface area contributed by atoms with Gasteiger partial charge >= 0.3 is 6.09 Å². The maximum absolute atomic E-state index is 13.4. The largest absolute Gasteiger partial charge is 0.444 e. The Balaban J connectivity index is 2.10. The first-order valence-corrected chi connectivity index (χ1v) is 8.58. The van der Waals surface area contributed by atoms with Crippen molar-refractivity contribution < 1.29 is 23.1 Å². The average Bonchev–Trinajstić information content (AvgIpc) is 3.02. The van der Waals surface area contributed by atoms with E-state index in [0.29, 0.717) is 12.2 Å². The fraction of sp³-hybridized carbons (Fsp3) is 0.421. The lowest BCUT2D eigenvalue weighted by atomic mass is 9.99. The summed E-state index contributed by atoms with van der Waals surface area (Å²) in [5, 5.41) is 2.50. The number of aromatic amines is 1. The zero-order valence-electron chi connectivity index (χ0n) is 15.5. The van der Waals surface area contributed by atoms with E-state index in [1.165, 1.54) is 0 Å². The molecule has 0 saturated carbocycles. The number of halogens is 2. The molecule has 146 valence electrons. The fourth-order valence-electron chi connectivity index (χ4n) is 2.51. The molecule has 6 nitrogen and oxygen atoms in total. The predicted octanol–water partition coefficient (Wildman–Crippen LogP) is 3.33. The number of Topliss-reactive ketones (excluding diaryl/α,β-unsaturated/α-hetero) is 1. The van der Waals surface area contributed by atoms with Crippen LogP contribution in [0.15, 0.2) is 30.6 Å². The van der Waals surface area contributed by atoms with Crippen molar-refractivity contribution in [2.24, 2.45) is 0 Å². The first kappa shape index (κ1) is 20.5. The summed E-state index contributed by atoms with van der Waals surface area (Å²) in [6.07, 6.45) is 2.86. The Morgan fingerprint density at radius 1 is 1.22 bits per heavy atom. The van der Waals surface area contributed by atoms with Gasteiger partial charge in [0.05, 0.1) is 6.04 Å². The molecule has 27 heavy (non-hydrogen) atoms. The maximum Gasteiger partial charge on any atom is 0.408 e. The van der Waals surface area contributed by atoms with Crippen LogP contribution in [0.3, 0.4) is 0 Å². The van der Waals surface area contributed by atoms with E-state index < -0.39 is 29.4 Å². The van der Waals surface area contributed by atoms with Crippen molar-refractivity contribution in [3.05, 3.63) is 53.6 Å². The highest BCUT2D eigenvalue weighted by molar-refractivity contribution is 5.87. The van der Waals surface area contributed by atoms with Crippen LogP contribution in [0.5, 0.6) is 0 Å². The molecule has 1 heterocycles. The molecule has 2 rings (SSSR count). The minimum Gasteiger partial charge on any atom is -0.444 e. The van der Waals surface area contributed by atoms with Gasteiger partial charge in [0.25, 0.3) is 0 Å². The molecule has 0 bridgehead atoms. The van der Waals surface area contributed by atoms with Gasteiger partial charge in [-0.25, -0.2) is 18.6 Å². The van der Waals surface area contributed by atoms with Gasteiger partial charge in [-0.3, -0.25) is 4.79 Å². The summed E-state index contributed by atoms with van der Waals surface area (Å²) < 4.78 is 32.1. The zero-order chi connectivity index (χ0) is 20.0. The topological polar surface area (TPSA) is 84.1 Å². The van der Waals surface area contributed by atoms with E-state index in [0.717, 1.165) is 18.2 Å². The number of nitrogens with one attached hydrogen (secondary N) is 2. The molecule has 0 fully saturated rings. The molecule has 0 aliphatic carbocycles. The molecule has 0 aliphatic heterocycles. The van der Waals surface area contributed by atoms with Crippen LogP contribution in [0.4, 0.5) is 13.6 Å². The molecule has 1 atom stereocenters. The third-order valence-electron chi connectivity index (χ3n) is 3.60. The van der Waals surface area contributed by atoms with Crippen LogP contribution in [0.2, 0.25) is 0 Å². The number of aromatic nitrogens is 2. The number of carbonyl (C=O) groups excluding carboxylic acids is 2. The number of imidazole rings is 1. The van der Waals surface area contributed by atoms with Gasteiger partial charge in [-0.2, -0.15) is 0 Å². The molecular formula is C19H23F2N3O3. The van der Waals surface area contributed by atoms with Gasteiger partial charge in [-0.1, -0.05) is 0 Å². The third-order valence-corrected chi connectivity index (χ3v) is 3.60. The molecule has 2 aromatic rings. The van der Waals surface area contributed by atoms with Crippen molar-refractivity contribution in [2.75, 3.05) is 0 Å². The maximum atomic E-state index is 13.4. The van der Waals surface area contributed by atoms with Crippen molar-refractivity contribution in [1.82, 2.24) is 15.3 Å². The first-order valence-electron chi connectivity index (χ1n) is 8.58. The second-order valence-electron chi connectivity index (χ2n) is 7.18. The van der Waals surface area contributed by atoms with E-state index in [-0.39, 0.29) is 24.2 Å². The molecule has 1 aromatic carbocycles. The smallest absolute Gasteiger partial charge is 0.408 e. The summed E-state index contributed by atoms with van der Waals surface area (Å²) in [4.78, 5) is 31.6. The van der Waals surface area contributed by atoms with E-state index >= 15 is 0 Å². The number of amides is 1. The number of ether oxygens (including phenoxy) is 1. The Kier molecular flexibility index (Phi) is 6.65. The lowest BCUT2D eigenvalue weighted by Gasteiger charge is -2.23. The molecular weight excluding hydrogens is 356 g/mol. The summed E-state index contributed by atoms with van der Waals surface area (Å²) in [7, 11) is 0. The SMILES string of the molecule is CC(C)(C)OC(=O)NC(Cc1cc(F)cc(F)c1)C(=O)CCc1ncc[nH]1. The highest BCUT2D eigenvalue weighted by Crippen LogP contribution is 2.13. The quantitative estimate of drug-likeness (QED) is 0.773. The third kappa shape index (κ3) is 7.16. The Morgan fingerprint density at radius 2 is 1.89 bits per heavy atom. The molecule has 8 heteroatoms. The van der Waals surface area contributed by atoms with Gasteiger partial charge in [-0.15, -0.1) is 0 Å². The van der Waals surface area contributed by atoms with E-state index in [1.54, 1.807) is 33.2 Å². The number of benzene rings is 1. The summed E-state index contributed by atoms with van der Waals surface area (Å²) in [5.74, 6) is -1.15. The summed E-state index contributed by atoms with van der Waals surface area (Å²) in [6, 6.07) is 2.04. The zero-order valence-corrected chi connectivity index (χ0v) is 15.5. The van der Waals surface area contributed by atoms with E-state index in [2.05, 4.69) is 15.3 Å². The van der Waals surface area contributed by atoms with Crippen LogP contribution in [0, 0.1) is 11.6 Å². The highest BCUT2D eigenvalue weighted by atomic mass is 19.1. The number of alkyl carbamates (subject to hydrolysis) is 1. The Bertz CT molecular complexity index is 766. The number of aryl methyl sites for hydroxylation is 1. The molecule has 0 radical (unpaired) electrons. The van der Waals surface area contributed by atoms with Crippen LogP contribution in [0.25, 0.3) is 0 Å². The second kappa shape index (κ2) is 8.75. The van der Waals surface area contributed by atoms with E-state index in [9.17, 15) is 18.4 Å². The van der Waals surface area contributed by atoms with Crippen LogP contribution in [-0.2, 0) is 22.4 Å². The Labute approximate surface area is 156 Å². The number of hydrogen-bond donors (Lipinski definition) is 2. The van der Waals surface area contributed by atoms with E-state index in [1.807, 2.05) is 0 Å². The van der Waals surface area contributed by atoms with Crippen molar-refractivity contribution in [3.63, 3.8) is 0 Å². The first-order chi connectivity index (χ1) is 12.6. The van der Waals surface area contributed by atoms with Crippen LogP contribution in [-0.4, -0.2) is 33.5 Å². The highest BCUT2D eigenvalue weighted by Gasteiger charge is 2.25. The van der Waals surface area contributed by atoms with Crippen LogP contribution < -0.4 is 5.32 Å². The van der Waals surface area contributed by atoms with Crippen LogP contribution >= 0.6 is 0 Å². The molecule has 1 unspecified atom stereocenters. The minimum atomic E-state index is -0.976. The molecule has 1 aromatic heterocycles. The van der Waals surface area contributed by atoms with Crippen molar-refractivity contribution in [2.45, 2.75) is 51.7 Å².